The highest BCUT2D eigenvalue weighted by Crippen LogP contribution is 2.37. The van der Waals surface area contributed by atoms with Crippen molar-refractivity contribution in [2.24, 2.45) is 5.92 Å². The lowest BCUT2D eigenvalue weighted by Gasteiger charge is -2.41. The van der Waals surface area contributed by atoms with Gasteiger partial charge in [-0.05, 0) is 74.5 Å². The molecule has 0 saturated carbocycles. The summed E-state index contributed by atoms with van der Waals surface area (Å²) in [6, 6.07) is 14.1. The summed E-state index contributed by atoms with van der Waals surface area (Å²) in [5.41, 5.74) is 4.05. The number of aryl methyl sites for hydroxylation is 2. The molecule has 4 rings (SSSR count). The lowest BCUT2D eigenvalue weighted by atomic mass is 9.74. The average molecular weight is 436 g/mol. The van der Waals surface area contributed by atoms with E-state index >= 15 is 0 Å². The predicted octanol–water partition coefficient (Wildman–Crippen LogP) is 3.69. The first-order valence-corrected chi connectivity index (χ1v) is 11.3. The van der Waals surface area contributed by atoms with Crippen LogP contribution in [0.2, 0.25) is 0 Å². The molecular formula is C26H33N3O3. The van der Waals surface area contributed by atoms with Gasteiger partial charge in [-0.3, -0.25) is 14.6 Å². The van der Waals surface area contributed by atoms with Gasteiger partial charge in [-0.2, -0.15) is 0 Å². The van der Waals surface area contributed by atoms with Crippen LogP contribution in [-0.2, 0) is 17.8 Å². The third kappa shape index (κ3) is 4.24. The van der Waals surface area contributed by atoms with E-state index in [0.29, 0.717) is 6.42 Å². The van der Waals surface area contributed by atoms with Crippen molar-refractivity contribution in [3.8, 4) is 5.75 Å². The van der Waals surface area contributed by atoms with Crippen molar-refractivity contribution in [3.63, 3.8) is 0 Å². The molecule has 32 heavy (non-hydrogen) atoms. The number of nitrogens with one attached hydrogen (secondary N) is 1. The second kappa shape index (κ2) is 8.94. The van der Waals surface area contributed by atoms with Gasteiger partial charge in [0.15, 0.2) is 0 Å². The molecular weight excluding hydrogens is 402 g/mol. The van der Waals surface area contributed by atoms with Crippen LogP contribution in [0.5, 0.6) is 5.75 Å². The predicted molar refractivity (Wildman–Crippen MR) is 125 cm³/mol. The van der Waals surface area contributed by atoms with Crippen molar-refractivity contribution < 1.29 is 14.3 Å². The van der Waals surface area contributed by atoms with Crippen LogP contribution in [0.1, 0.15) is 35.1 Å². The van der Waals surface area contributed by atoms with E-state index in [0.717, 1.165) is 43.8 Å². The van der Waals surface area contributed by atoms with Gasteiger partial charge in [-0.25, -0.2) is 4.79 Å². The fourth-order valence-corrected chi connectivity index (χ4v) is 5.21. The molecule has 2 aromatic rings. The molecule has 6 heteroatoms. The molecule has 2 fully saturated rings. The van der Waals surface area contributed by atoms with Gasteiger partial charge in [0.1, 0.15) is 11.3 Å². The van der Waals surface area contributed by atoms with E-state index in [2.05, 4.69) is 42.3 Å². The van der Waals surface area contributed by atoms with Crippen molar-refractivity contribution in [2.75, 3.05) is 27.2 Å². The quantitative estimate of drug-likeness (QED) is 0.703. The Morgan fingerprint density at radius 1 is 1.09 bits per heavy atom. The van der Waals surface area contributed by atoms with Crippen LogP contribution in [-0.4, -0.2) is 54.5 Å². The zero-order valence-electron chi connectivity index (χ0n) is 19.5. The molecule has 2 aromatic carbocycles. The first-order valence-electron chi connectivity index (χ1n) is 11.3. The molecule has 2 aliphatic rings. The van der Waals surface area contributed by atoms with E-state index in [1.807, 2.05) is 24.3 Å². The Balaban J connectivity index is 1.51. The summed E-state index contributed by atoms with van der Waals surface area (Å²) in [6.45, 7) is 7.02. The SMILES string of the molecule is COc1cccc(CC2(C3CCN(Cc4ccc(C)cc4C)CC3)NC(=O)N(C)C2=O)c1. The summed E-state index contributed by atoms with van der Waals surface area (Å²) < 4.78 is 5.37. The number of hydrogen-bond donors (Lipinski definition) is 1. The summed E-state index contributed by atoms with van der Waals surface area (Å²) in [5, 5.41) is 3.08. The Hall–Kier alpha value is -2.86. The number of nitrogens with zero attached hydrogens (tertiary/aromatic N) is 2. The second-order valence-corrected chi connectivity index (χ2v) is 9.27. The number of benzene rings is 2. The Bertz CT molecular complexity index is 1010. The van der Waals surface area contributed by atoms with Gasteiger partial charge in [0.05, 0.1) is 7.11 Å². The summed E-state index contributed by atoms with van der Waals surface area (Å²) >= 11 is 0. The first kappa shape index (κ1) is 22.3. The van der Waals surface area contributed by atoms with Crippen LogP contribution in [0, 0.1) is 19.8 Å². The van der Waals surface area contributed by atoms with Crippen molar-refractivity contribution in [2.45, 2.75) is 45.2 Å². The van der Waals surface area contributed by atoms with Crippen LogP contribution < -0.4 is 10.1 Å². The smallest absolute Gasteiger partial charge is 0.324 e. The van der Waals surface area contributed by atoms with Gasteiger partial charge in [0.2, 0.25) is 0 Å². The topological polar surface area (TPSA) is 61.9 Å². The summed E-state index contributed by atoms with van der Waals surface area (Å²) in [6.07, 6.45) is 2.21. The molecule has 1 atom stereocenters. The maximum absolute atomic E-state index is 13.3. The van der Waals surface area contributed by atoms with Gasteiger partial charge in [0, 0.05) is 20.0 Å². The number of methoxy groups -OCH3 is 1. The van der Waals surface area contributed by atoms with Crippen molar-refractivity contribution in [1.29, 1.82) is 0 Å². The number of imide groups is 1. The lowest BCUT2D eigenvalue weighted by molar-refractivity contribution is -0.133. The van der Waals surface area contributed by atoms with Crippen molar-refractivity contribution >= 4 is 11.9 Å². The molecule has 1 N–H and O–H groups in total. The largest absolute Gasteiger partial charge is 0.497 e. The number of carbonyl (C=O) groups excluding carboxylic acids is 2. The number of rotatable bonds is 6. The zero-order valence-corrected chi connectivity index (χ0v) is 19.5. The van der Waals surface area contributed by atoms with Crippen LogP contribution >= 0.6 is 0 Å². The summed E-state index contributed by atoms with van der Waals surface area (Å²) in [7, 11) is 3.21. The lowest BCUT2D eigenvalue weighted by Crippen LogP contribution is -2.57. The molecule has 170 valence electrons. The van der Waals surface area contributed by atoms with Gasteiger partial charge >= 0.3 is 6.03 Å². The molecule has 0 spiro atoms. The Kier molecular flexibility index (Phi) is 6.24. The number of likely N-dealkylation sites (N-methyl/N-ethyl adjacent to an activating group) is 1. The molecule has 0 aromatic heterocycles. The third-order valence-electron chi connectivity index (χ3n) is 7.11. The number of piperidine rings is 1. The number of urea groups is 1. The summed E-state index contributed by atoms with van der Waals surface area (Å²) in [5.74, 6) is 0.717. The molecule has 2 aliphatic heterocycles. The van der Waals surface area contributed by atoms with Crippen molar-refractivity contribution in [3.05, 3.63) is 64.7 Å². The number of ether oxygens (including phenoxy) is 1. The number of carbonyl (C=O) groups is 2. The van der Waals surface area contributed by atoms with Gasteiger partial charge in [-0.1, -0.05) is 35.9 Å². The Labute approximate surface area is 190 Å². The van der Waals surface area contributed by atoms with Crippen LogP contribution in [0.15, 0.2) is 42.5 Å². The fourth-order valence-electron chi connectivity index (χ4n) is 5.21. The van der Waals surface area contributed by atoms with E-state index in [-0.39, 0.29) is 17.9 Å². The van der Waals surface area contributed by atoms with Crippen molar-refractivity contribution in [1.82, 2.24) is 15.1 Å². The molecule has 1 unspecified atom stereocenters. The molecule has 0 bridgehead atoms. The average Bonchev–Trinajstić information content (AvgIpc) is 3.00. The maximum atomic E-state index is 13.3. The Morgan fingerprint density at radius 3 is 2.47 bits per heavy atom. The second-order valence-electron chi connectivity index (χ2n) is 9.27. The molecule has 6 nitrogen and oxygen atoms in total. The van der Waals surface area contributed by atoms with E-state index < -0.39 is 5.54 Å². The fraction of sp³-hybridized carbons (Fsp3) is 0.462. The highest BCUT2D eigenvalue weighted by molar-refractivity contribution is 6.07. The van der Waals surface area contributed by atoms with E-state index in [1.54, 1.807) is 14.2 Å². The Morgan fingerprint density at radius 2 is 1.84 bits per heavy atom. The molecule has 0 aliphatic carbocycles. The van der Waals surface area contributed by atoms with E-state index in [1.165, 1.54) is 21.6 Å². The summed E-state index contributed by atoms with van der Waals surface area (Å²) in [4.78, 5) is 29.5. The minimum absolute atomic E-state index is 0.0884. The minimum atomic E-state index is -0.899. The van der Waals surface area contributed by atoms with Crippen LogP contribution in [0.4, 0.5) is 4.79 Å². The molecule has 0 radical (unpaired) electrons. The monoisotopic (exact) mass is 435 g/mol. The minimum Gasteiger partial charge on any atom is -0.497 e. The number of hydrogen-bond acceptors (Lipinski definition) is 4. The van der Waals surface area contributed by atoms with Gasteiger partial charge < -0.3 is 10.1 Å². The zero-order chi connectivity index (χ0) is 22.9. The van der Waals surface area contributed by atoms with E-state index in [9.17, 15) is 9.59 Å². The van der Waals surface area contributed by atoms with Gasteiger partial charge in [0.25, 0.3) is 5.91 Å². The highest BCUT2D eigenvalue weighted by atomic mass is 16.5. The van der Waals surface area contributed by atoms with Gasteiger partial charge in [-0.15, -0.1) is 0 Å². The molecule has 3 amide bonds. The maximum Gasteiger partial charge on any atom is 0.324 e. The first-order chi connectivity index (χ1) is 15.3. The molecule has 2 heterocycles. The number of amides is 3. The van der Waals surface area contributed by atoms with E-state index in [4.69, 9.17) is 4.74 Å². The molecule has 2 saturated heterocycles. The third-order valence-corrected chi connectivity index (χ3v) is 7.11. The normalized spacial score (nSPS) is 22.3. The highest BCUT2D eigenvalue weighted by Gasteiger charge is 2.54. The standard InChI is InChI=1S/C26H33N3O3/c1-18-8-9-21(19(2)14-18)17-29-12-10-22(11-13-29)26(24(30)28(3)25(31)27-26)16-20-6-5-7-23(15-20)32-4/h5-9,14-15,22H,10-13,16-17H2,1-4H3,(H,27,31). The van der Waals surface area contributed by atoms with Crippen LogP contribution in [0.25, 0.3) is 0 Å². The number of likely N-dealkylation sites (tertiary alicyclic amines) is 1. The van der Waals surface area contributed by atoms with Crippen LogP contribution in [0.3, 0.4) is 0 Å².